The van der Waals surface area contributed by atoms with Crippen molar-refractivity contribution in [1.29, 1.82) is 0 Å². The van der Waals surface area contributed by atoms with Crippen molar-refractivity contribution in [2.75, 3.05) is 13.1 Å². The Morgan fingerprint density at radius 1 is 1.47 bits per heavy atom. The maximum absolute atomic E-state index is 12.2. The zero-order valence-corrected chi connectivity index (χ0v) is 11.4. The predicted molar refractivity (Wildman–Crippen MR) is 74.7 cm³/mol. The minimum absolute atomic E-state index is 0.172. The van der Waals surface area contributed by atoms with Gasteiger partial charge in [-0.2, -0.15) is 0 Å². The largest absolute Gasteiger partial charge is 0.508 e. The van der Waals surface area contributed by atoms with Crippen LogP contribution in [0.15, 0.2) is 18.2 Å². The minimum Gasteiger partial charge on any atom is -0.508 e. The number of fused-ring (bicyclic) bond motifs is 1. The number of phenolic OH excluding ortho intramolecular Hbond substituents is 1. The van der Waals surface area contributed by atoms with Gasteiger partial charge >= 0.3 is 0 Å². The van der Waals surface area contributed by atoms with E-state index in [1.165, 1.54) is 5.56 Å². The average molecular weight is 262 g/mol. The van der Waals surface area contributed by atoms with Crippen LogP contribution in [0.3, 0.4) is 0 Å². The summed E-state index contributed by atoms with van der Waals surface area (Å²) in [5, 5.41) is 9.51. The van der Waals surface area contributed by atoms with E-state index in [9.17, 15) is 9.90 Å². The molecule has 0 bridgehead atoms. The van der Waals surface area contributed by atoms with E-state index in [1.807, 2.05) is 11.0 Å². The maximum Gasteiger partial charge on any atom is 0.223 e. The molecule has 1 aromatic carbocycles. The molecule has 0 fully saturated rings. The molecule has 0 spiro atoms. The highest BCUT2D eigenvalue weighted by atomic mass is 16.3. The van der Waals surface area contributed by atoms with Gasteiger partial charge in [-0.3, -0.25) is 4.79 Å². The number of aromatic hydroxyl groups is 1. The van der Waals surface area contributed by atoms with E-state index in [-0.39, 0.29) is 17.6 Å². The molecular formula is C15H22N2O2. The van der Waals surface area contributed by atoms with Crippen LogP contribution in [0.4, 0.5) is 0 Å². The second-order valence-electron chi connectivity index (χ2n) is 5.23. The predicted octanol–water partition coefficient (Wildman–Crippen LogP) is 1.65. The van der Waals surface area contributed by atoms with Gasteiger partial charge in [0, 0.05) is 19.5 Å². The highest BCUT2D eigenvalue weighted by Crippen LogP contribution is 2.24. The molecule has 2 rings (SSSR count). The van der Waals surface area contributed by atoms with Crippen LogP contribution in [0.5, 0.6) is 5.75 Å². The normalized spacial score (nSPS) is 16.0. The fraction of sp³-hybridized carbons (Fsp3) is 0.533. The number of amides is 1. The van der Waals surface area contributed by atoms with Gasteiger partial charge in [-0.25, -0.2) is 0 Å². The van der Waals surface area contributed by atoms with Gasteiger partial charge in [0.1, 0.15) is 5.75 Å². The number of carbonyl (C=O) groups excluding carboxylic acids is 1. The van der Waals surface area contributed by atoms with Gasteiger partial charge < -0.3 is 15.7 Å². The molecule has 1 aromatic rings. The maximum atomic E-state index is 12.2. The third kappa shape index (κ3) is 3.26. The Balaban J connectivity index is 2.02. The van der Waals surface area contributed by atoms with E-state index in [4.69, 9.17) is 5.73 Å². The molecule has 104 valence electrons. The molecule has 0 saturated carbocycles. The molecule has 0 aliphatic carbocycles. The molecule has 0 aromatic heterocycles. The van der Waals surface area contributed by atoms with E-state index >= 15 is 0 Å². The lowest BCUT2D eigenvalue weighted by molar-refractivity contribution is -0.133. The number of phenols is 1. The fourth-order valence-electron chi connectivity index (χ4n) is 2.53. The lowest BCUT2D eigenvalue weighted by atomic mass is 9.97. The summed E-state index contributed by atoms with van der Waals surface area (Å²) < 4.78 is 0. The van der Waals surface area contributed by atoms with E-state index < -0.39 is 0 Å². The Kier molecular flexibility index (Phi) is 4.43. The Bertz CT molecular complexity index is 455. The average Bonchev–Trinajstić information content (AvgIpc) is 2.43. The van der Waals surface area contributed by atoms with E-state index in [1.54, 1.807) is 12.1 Å². The standard InChI is InChI=1S/C15H22N2O2/c1-2-11(9-16)7-15(19)17-6-5-12-3-4-14(18)8-13(12)10-17/h3-4,8,11,18H,2,5-7,9-10,16H2,1H3. The smallest absolute Gasteiger partial charge is 0.223 e. The Morgan fingerprint density at radius 2 is 2.26 bits per heavy atom. The summed E-state index contributed by atoms with van der Waals surface area (Å²) in [6.07, 6.45) is 2.33. The summed E-state index contributed by atoms with van der Waals surface area (Å²) in [4.78, 5) is 14.1. The first-order chi connectivity index (χ1) is 9.13. The molecule has 4 heteroatoms. The third-order valence-corrected chi connectivity index (χ3v) is 3.93. The molecule has 0 radical (unpaired) electrons. The van der Waals surface area contributed by atoms with Crippen LogP contribution in [0.25, 0.3) is 0 Å². The SMILES string of the molecule is CCC(CN)CC(=O)N1CCc2ccc(O)cc2C1. The van der Waals surface area contributed by atoms with Crippen LogP contribution in [-0.4, -0.2) is 29.0 Å². The van der Waals surface area contributed by atoms with Crippen molar-refractivity contribution in [2.24, 2.45) is 11.7 Å². The van der Waals surface area contributed by atoms with Crippen molar-refractivity contribution in [3.63, 3.8) is 0 Å². The molecule has 1 heterocycles. The summed E-state index contributed by atoms with van der Waals surface area (Å²) in [5.74, 6) is 0.714. The number of rotatable bonds is 4. The first-order valence-corrected chi connectivity index (χ1v) is 6.92. The van der Waals surface area contributed by atoms with Gasteiger partial charge in [-0.05, 0) is 42.1 Å². The van der Waals surface area contributed by atoms with Crippen molar-refractivity contribution < 1.29 is 9.90 Å². The minimum atomic E-state index is 0.172. The fourth-order valence-corrected chi connectivity index (χ4v) is 2.53. The Labute approximate surface area is 114 Å². The second kappa shape index (κ2) is 6.06. The van der Waals surface area contributed by atoms with E-state index in [0.29, 0.717) is 19.5 Å². The number of hydrogen-bond donors (Lipinski definition) is 2. The number of nitrogens with zero attached hydrogens (tertiary/aromatic N) is 1. The van der Waals surface area contributed by atoms with Crippen molar-refractivity contribution in [1.82, 2.24) is 4.90 Å². The third-order valence-electron chi connectivity index (χ3n) is 3.93. The van der Waals surface area contributed by atoms with E-state index in [0.717, 1.165) is 24.9 Å². The summed E-state index contributed by atoms with van der Waals surface area (Å²) in [6.45, 7) is 3.99. The van der Waals surface area contributed by atoms with Crippen LogP contribution in [-0.2, 0) is 17.8 Å². The second-order valence-corrected chi connectivity index (χ2v) is 5.23. The van der Waals surface area contributed by atoms with Gasteiger partial charge in [0.2, 0.25) is 5.91 Å². The molecule has 4 nitrogen and oxygen atoms in total. The zero-order valence-electron chi connectivity index (χ0n) is 11.4. The van der Waals surface area contributed by atoms with Crippen molar-refractivity contribution in [2.45, 2.75) is 32.7 Å². The summed E-state index contributed by atoms with van der Waals surface area (Å²) in [7, 11) is 0. The lowest BCUT2D eigenvalue weighted by Gasteiger charge is -2.30. The van der Waals surface area contributed by atoms with Gasteiger partial charge in [0.05, 0.1) is 0 Å². The van der Waals surface area contributed by atoms with Crippen LogP contribution in [0.2, 0.25) is 0 Å². The highest BCUT2D eigenvalue weighted by molar-refractivity contribution is 5.76. The molecular weight excluding hydrogens is 240 g/mol. The summed E-state index contributed by atoms with van der Waals surface area (Å²) in [6, 6.07) is 5.41. The van der Waals surface area contributed by atoms with Crippen LogP contribution in [0, 0.1) is 5.92 Å². The number of carbonyl (C=O) groups is 1. The molecule has 1 aliphatic heterocycles. The molecule has 3 N–H and O–H groups in total. The Morgan fingerprint density at radius 3 is 2.95 bits per heavy atom. The number of benzene rings is 1. The lowest BCUT2D eigenvalue weighted by Crippen LogP contribution is -2.37. The molecule has 19 heavy (non-hydrogen) atoms. The number of hydrogen-bond acceptors (Lipinski definition) is 3. The quantitative estimate of drug-likeness (QED) is 0.867. The highest BCUT2D eigenvalue weighted by Gasteiger charge is 2.22. The van der Waals surface area contributed by atoms with Gasteiger partial charge in [-0.1, -0.05) is 19.4 Å². The topological polar surface area (TPSA) is 66.6 Å². The van der Waals surface area contributed by atoms with Gasteiger partial charge in [0.15, 0.2) is 0 Å². The van der Waals surface area contributed by atoms with Crippen molar-refractivity contribution >= 4 is 5.91 Å². The summed E-state index contributed by atoms with van der Waals surface area (Å²) >= 11 is 0. The van der Waals surface area contributed by atoms with E-state index in [2.05, 4.69) is 6.92 Å². The first-order valence-electron chi connectivity index (χ1n) is 6.92. The van der Waals surface area contributed by atoms with Crippen LogP contribution in [0.1, 0.15) is 30.9 Å². The molecule has 1 aliphatic rings. The molecule has 1 atom stereocenters. The van der Waals surface area contributed by atoms with Gasteiger partial charge in [0.25, 0.3) is 0 Å². The monoisotopic (exact) mass is 262 g/mol. The Hall–Kier alpha value is -1.55. The van der Waals surface area contributed by atoms with Crippen molar-refractivity contribution in [3.8, 4) is 5.75 Å². The summed E-state index contributed by atoms with van der Waals surface area (Å²) in [5.41, 5.74) is 7.94. The van der Waals surface area contributed by atoms with Crippen LogP contribution >= 0.6 is 0 Å². The molecule has 0 saturated heterocycles. The number of nitrogens with two attached hydrogens (primary N) is 1. The first kappa shape index (κ1) is 13.9. The molecule has 1 unspecified atom stereocenters. The van der Waals surface area contributed by atoms with Crippen LogP contribution < -0.4 is 5.73 Å². The van der Waals surface area contributed by atoms with Crippen molar-refractivity contribution in [3.05, 3.63) is 29.3 Å². The zero-order chi connectivity index (χ0) is 13.8. The van der Waals surface area contributed by atoms with Gasteiger partial charge in [-0.15, -0.1) is 0 Å². The molecule has 1 amide bonds.